The summed E-state index contributed by atoms with van der Waals surface area (Å²) in [6.07, 6.45) is 0. The van der Waals surface area contributed by atoms with Crippen molar-refractivity contribution in [1.29, 1.82) is 0 Å². The van der Waals surface area contributed by atoms with E-state index >= 15 is 0 Å². The summed E-state index contributed by atoms with van der Waals surface area (Å²) < 4.78 is 21.1. The first-order chi connectivity index (χ1) is 15.6. The summed E-state index contributed by atoms with van der Waals surface area (Å²) in [5.74, 6) is 3.01. The molecule has 9 nitrogen and oxygen atoms in total. The summed E-state index contributed by atoms with van der Waals surface area (Å²) in [7, 11) is 4.76. The number of aromatic nitrogens is 2. The number of benzene rings is 2. The van der Waals surface area contributed by atoms with Crippen molar-refractivity contribution in [3.63, 3.8) is 0 Å². The molecule has 1 saturated heterocycles. The number of hydrogen-bond acceptors (Lipinski definition) is 8. The standard InChI is InChI=1S/C23H26N4O5/c1-29-18-6-4-16(5-7-18)22-24-21(25-32-22)15-26-8-10-27(11-9-26)23(28)17-12-19(30-2)14-20(13-17)31-3/h4-7,12-14H,8-11,15H2,1-3H3. The zero-order valence-electron chi connectivity index (χ0n) is 18.4. The summed E-state index contributed by atoms with van der Waals surface area (Å²) in [6, 6.07) is 12.7. The highest BCUT2D eigenvalue weighted by Crippen LogP contribution is 2.24. The molecule has 0 atom stereocenters. The van der Waals surface area contributed by atoms with Crippen LogP contribution in [-0.2, 0) is 6.54 Å². The van der Waals surface area contributed by atoms with Gasteiger partial charge in [-0.25, -0.2) is 0 Å². The average molecular weight is 438 g/mol. The van der Waals surface area contributed by atoms with Crippen LogP contribution in [0, 0.1) is 0 Å². The van der Waals surface area contributed by atoms with Crippen LogP contribution in [0.15, 0.2) is 47.0 Å². The molecule has 2 aromatic carbocycles. The third kappa shape index (κ3) is 4.83. The van der Waals surface area contributed by atoms with Crippen molar-refractivity contribution in [2.24, 2.45) is 0 Å². The lowest BCUT2D eigenvalue weighted by Gasteiger charge is -2.34. The molecule has 3 aromatic rings. The number of methoxy groups -OCH3 is 3. The van der Waals surface area contributed by atoms with Crippen LogP contribution in [0.1, 0.15) is 16.2 Å². The Labute approximate surface area is 186 Å². The van der Waals surface area contributed by atoms with Gasteiger partial charge in [0.2, 0.25) is 0 Å². The topological polar surface area (TPSA) is 90.2 Å². The fourth-order valence-corrected chi connectivity index (χ4v) is 3.59. The number of rotatable bonds is 7. The Bertz CT molecular complexity index is 1040. The van der Waals surface area contributed by atoms with Crippen LogP contribution < -0.4 is 14.2 Å². The number of piperazine rings is 1. The van der Waals surface area contributed by atoms with Crippen molar-refractivity contribution in [3.8, 4) is 28.7 Å². The van der Waals surface area contributed by atoms with Crippen LogP contribution in [0.3, 0.4) is 0 Å². The minimum Gasteiger partial charge on any atom is -0.497 e. The highest BCUT2D eigenvalue weighted by molar-refractivity contribution is 5.95. The lowest BCUT2D eigenvalue weighted by Crippen LogP contribution is -2.48. The van der Waals surface area contributed by atoms with Gasteiger partial charge < -0.3 is 23.6 Å². The smallest absolute Gasteiger partial charge is 0.257 e. The van der Waals surface area contributed by atoms with E-state index in [1.54, 1.807) is 39.5 Å². The molecule has 0 N–H and O–H groups in total. The van der Waals surface area contributed by atoms with Gasteiger partial charge in [-0.15, -0.1) is 0 Å². The molecule has 1 amide bonds. The zero-order valence-corrected chi connectivity index (χ0v) is 18.4. The van der Waals surface area contributed by atoms with Crippen molar-refractivity contribution < 1.29 is 23.5 Å². The second kappa shape index (κ2) is 9.69. The summed E-state index contributed by atoms with van der Waals surface area (Å²) in [4.78, 5) is 21.5. The number of nitrogens with zero attached hydrogens (tertiary/aromatic N) is 4. The van der Waals surface area contributed by atoms with Gasteiger partial charge in [0.25, 0.3) is 11.8 Å². The highest BCUT2D eigenvalue weighted by atomic mass is 16.5. The van der Waals surface area contributed by atoms with Gasteiger partial charge in [-0.05, 0) is 36.4 Å². The van der Waals surface area contributed by atoms with E-state index in [1.807, 2.05) is 29.2 Å². The molecule has 0 aliphatic carbocycles. The quantitative estimate of drug-likeness (QED) is 0.556. The lowest BCUT2D eigenvalue weighted by atomic mass is 10.1. The van der Waals surface area contributed by atoms with Gasteiger partial charge in [0.05, 0.1) is 27.9 Å². The summed E-state index contributed by atoms with van der Waals surface area (Å²) >= 11 is 0. The molecule has 1 fully saturated rings. The zero-order chi connectivity index (χ0) is 22.5. The molecule has 4 rings (SSSR count). The first-order valence-electron chi connectivity index (χ1n) is 10.3. The molecule has 0 spiro atoms. The number of amides is 1. The van der Waals surface area contributed by atoms with Gasteiger partial charge in [-0.3, -0.25) is 9.69 Å². The molecular formula is C23H26N4O5. The van der Waals surface area contributed by atoms with E-state index in [0.717, 1.165) is 24.4 Å². The predicted molar refractivity (Wildman–Crippen MR) is 117 cm³/mol. The maximum atomic E-state index is 13.0. The van der Waals surface area contributed by atoms with Crippen molar-refractivity contribution in [3.05, 3.63) is 53.9 Å². The third-order valence-electron chi connectivity index (χ3n) is 5.43. The number of carbonyl (C=O) groups excluding carboxylic acids is 1. The molecule has 1 aliphatic rings. The molecule has 168 valence electrons. The minimum atomic E-state index is -0.0387. The first kappa shape index (κ1) is 21.6. The Balaban J connectivity index is 1.34. The number of ether oxygens (including phenoxy) is 3. The van der Waals surface area contributed by atoms with Crippen LogP contribution in [0.2, 0.25) is 0 Å². The highest BCUT2D eigenvalue weighted by Gasteiger charge is 2.24. The number of hydrogen-bond donors (Lipinski definition) is 0. The van der Waals surface area contributed by atoms with Crippen molar-refractivity contribution >= 4 is 5.91 Å². The Morgan fingerprint density at radius 1 is 0.906 bits per heavy atom. The summed E-state index contributed by atoms with van der Waals surface area (Å²) in [5.41, 5.74) is 1.39. The van der Waals surface area contributed by atoms with Gasteiger partial charge in [-0.1, -0.05) is 5.16 Å². The molecule has 2 heterocycles. The third-order valence-corrected chi connectivity index (χ3v) is 5.43. The second-order valence-corrected chi connectivity index (χ2v) is 7.41. The Kier molecular flexibility index (Phi) is 6.55. The van der Waals surface area contributed by atoms with E-state index in [4.69, 9.17) is 18.7 Å². The fraction of sp³-hybridized carbons (Fsp3) is 0.348. The Hall–Kier alpha value is -3.59. The van der Waals surface area contributed by atoms with Crippen LogP contribution in [-0.4, -0.2) is 73.4 Å². The van der Waals surface area contributed by atoms with Crippen LogP contribution in [0.25, 0.3) is 11.5 Å². The molecule has 0 saturated carbocycles. The summed E-state index contributed by atoms with van der Waals surface area (Å²) in [6.45, 7) is 3.23. The van der Waals surface area contributed by atoms with Gasteiger partial charge in [-0.2, -0.15) is 4.98 Å². The summed E-state index contributed by atoms with van der Waals surface area (Å²) in [5, 5.41) is 4.10. The molecule has 0 unspecified atom stereocenters. The van der Waals surface area contributed by atoms with Gasteiger partial charge in [0.1, 0.15) is 17.2 Å². The average Bonchev–Trinajstić information content (AvgIpc) is 3.32. The van der Waals surface area contributed by atoms with Gasteiger partial charge in [0.15, 0.2) is 5.82 Å². The predicted octanol–water partition coefficient (Wildman–Crippen LogP) is 2.72. The van der Waals surface area contributed by atoms with Crippen LogP contribution in [0.5, 0.6) is 17.2 Å². The van der Waals surface area contributed by atoms with E-state index in [-0.39, 0.29) is 5.91 Å². The van der Waals surface area contributed by atoms with Crippen molar-refractivity contribution in [2.45, 2.75) is 6.54 Å². The van der Waals surface area contributed by atoms with Crippen molar-refractivity contribution in [2.75, 3.05) is 47.5 Å². The van der Waals surface area contributed by atoms with Crippen LogP contribution in [0.4, 0.5) is 0 Å². The molecule has 32 heavy (non-hydrogen) atoms. The van der Waals surface area contributed by atoms with E-state index < -0.39 is 0 Å². The number of carbonyl (C=O) groups is 1. The van der Waals surface area contributed by atoms with Gasteiger partial charge in [0, 0.05) is 43.4 Å². The van der Waals surface area contributed by atoms with E-state index in [2.05, 4.69) is 15.0 Å². The van der Waals surface area contributed by atoms with E-state index in [9.17, 15) is 4.79 Å². The monoisotopic (exact) mass is 438 g/mol. The first-order valence-corrected chi connectivity index (χ1v) is 10.3. The molecule has 1 aliphatic heterocycles. The molecule has 0 bridgehead atoms. The van der Waals surface area contributed by atoms with Crippen molar-refractivity contribution in [1.82, 2.24) is 19.9 Å². The largest absolute Gasteiger partial charge is 0.497 e. The maximum Gasteiger partial charge on any atom is 0.257 e. The Morgan fingerprint density at radius 2 is 1.53 bits per heavy atom. The minimum absolute atomic E-state index is 0.0387. The molecule has 1 aromatic heterocycles. The van der Waals surface area contributed by atoms with E-state index in [0.29, 0.717) is 48.4 Å². The van der Waals surface area contributed by atoms with Crippen LogP contribution >= 0.6 is 0 Å². The maximum absolute atomic E-state index is 13.0. The SMILES string of the molecule is COc1ccc(-c2nc(CN3CCN(C(=O)c4cc(OC)cc(OC)c4)CC3)no2)cc1. The second-order valence-electron chi connectivity index (χ2n) is 7.41. The fourth-order valence-electron chi connectivity index (χ4n) is 3.59. The molecular weight excluding hydrogens is 412 g/mol. The molecule has 9 heteroatoms. The molecule has 0 radical (unpaired) electrons. The lowest BCUT2D eigenvalue weighted by molar-refractivity contribution is 0.0623. The van der Waals surface area contributed by atoms with Gasteiger partial charge >= 0.3 is 0 Å². The Morgan fingerprint density at radius 3 is 2.12 bits per heavy atom. The van der Waals surface area contributed by atoms with E-state index in [1.165, 1.54) is 0 Å². The normalized spacial score (nSPS) is 14.3.